The van der Waals surface area contributed by atoms with E-state index in [1.54, 1.807) is 32.9 Å². The van der Waals surface area contributed by atoms with Gasteiger partial charge in [0.15, 0.2) is 0 Å². The van der Waals surface area contributed by atoms with Gasteiger partial charge in [-0.1, -0.05) is 28.1 Å². The van der Waals surface area contributed by atoms with Crippen LogP contribution in [-0.2, 0) is 25.4 Å². The first kappa shape index (κ1) is 28.1. The van der Waals surface area contributed by atoms with Crippen LogP contribution in [0.3, 0.4) is 0 Å². The van der Waals surface area contributed by atoms with Crippen molar-refractivity contribution in [3.05, 3.63) is 44.4 Å². The van der Waals surface area contributed by atoms with Gasteiger partial charge in [0.05, 0.1) is 18.0 Å². The van der Waals surface area contributed by atoms with Crippen molar-refractivity contribution in [2.24, 2.45) is 0 Å². The summed E-state index contributed by atoms with van der Waals surface area (Å²) < 4.78 is 16.1. The standard InChI is InChI=1S/C21H30BrN3O8/c1-8-31-16(26)21(25(29)30,13-14-9-11-15(22)12-10-14)24(18(28)33-20(5,6)7)23-17(27)32-19(2,3)4/h9-12H,8,13H2,1-7H3,(H,23,27). The van der Waals surface area contributed by atoms with Gasteiger partial charge in [-0.2, -0.15) is 0 Å². The average Bonchev–Trinajstić information content (AvgIpc) is 2.63. The second-order valence-electron chi connectivity index (χ2n) is 9.03. The summed E-state index contributed by atoms with van der Waals surface area (Å²) in [5.74, 6) is -1.36. The molecule has 1 unspecified atom stereocenters. The molecule has 12 heteroatoms. The Bertz CT molecular complexity index is 877. The van der Waals surface area contributed by atoms with Crippen LogP contribution in [0.2, 0.25) is 0 Å². The summed E-state index contributed by atoms with van der Waals surface area (Å²) in [4.78, 5) is 50.1. The van der Waals surface area contributed by atoms with E-state index >= 15 is 0 Å². The number of nitrogens with one attached hydrogen (secondary N) is 1. The van der Waals surface area contributed by atoms with Gasteiger partial charge in [-0.05, 0) is 66.2 Å². The van der Waals surface area contributed by atoms with Gasteiger partial charge >= 0.3 is 23.8 Å². The van der Waals surface area contributed by atoms with Gasteiger partial charge in [0.2, 0.25) is 0 Å². The molecule has 1 atom stereocenters. The molecule has 1 rings (SSSR count). The highest BCUT2D eigenvalue weighted by atomic mass is 79.9. The Kier molecular flexibility index (Phi) is 9.23. The van der Waals surface area contributed by atoms with Gasteiger partial charge in [-0.25, -0.2) is 19.8 Å². The molecule has 184 valence electrons. The number of hydrogen-bond acceptors (Lipinski definition) is 8. The van der Waals surface area contributed by atoms with Gasteiger partial charge in [-0.3, -0.25) is 10.1 Å². The number of nitrogens with zero attached hydrogens (tertiary/aromatic N) is 2. The fraction of sp³-hybridized carbons (Fsp3) is 0.571. The normalized spacial score (nSPS) is 13.3. The monoisotopic (exact) mass is 531 g/mol. The molecule has 0 bridgehead atoms. The maximum Gasteiger partial charge on any atom is 0.435 e. The molecule has 0 fully saturated rings. The van der Waals surface area contributed by atoms with E-state index in [0.717, 1.165) is 0 Å². The summed E-state index contributed by atoms with van der Waals surface area (Å²) in [7, 11) is 0. The number of halogens is 1. The highest BCUT2D eigenvalue weighted by molar-refractivity contribution is 9.10. The minimum atomic E-state index is -2.89. The third-order valence-corrected chi connectivity index (χ3v) is 4.34. The van der Waals surface area contributed by atoms with Crippen molar-refractivity contribution in [2.75, 3.05) is 6.61 Å². The Hall–Kier alpha value is -2.89. The minimum absolute atomic E-state index is 0.205. The molecular weight excluding hydrogens is 502 g/mol. The Labute approximate surface area is 201 Å². The van der Waals surface area contributed by atoms with Crippen LogP contribution < -0.4 is 5.43 Å². The zero-order valence-electron chi connectivity index (χ0n) is 19.8. The van der Waals surface area contributed by atoms with E-state index in [2.05, 4.69) is 15.9 Å². The van der Waals surface area contributed by atoms with Crippen molar-refractivity contribution < 1.29 is 33.5 Å². The zero-order chi connectivity index (χ0) is 25.6. The Morgan fingerprint density at radius 3 is 1.97 bits per heavy atom. The first-order valence-electron chi connectivity index (χ1n) is 10.1. The van der Waals surface area contributed by atoms with Crippen molar-refractivity contribution in [2.45, 2.75) is 71.8 Å². The molecule has 1 aromatic rings. The van der Waals surface area contributed by atoms with Gasteiger partial charge in [0.25, 0.3) is 0 Å². The number of carbonyl (C=O) groups is 3. The van der Waals surface area contributed by atoms with Crippen LogP contribution in [0.1, 0.15) is 54.0 Å². The van der Waals surface area contributed by atoms with Gasteiger partial charge in [0.1, 0.15) is 11.2 Å². The zero-order valence-corrected chi connectivity index (χ0v) is 21.3. The van der Waals surface area contributed by atoms with Gasteiger partial charge < -0.3 is 14.2 Å². The van der Waals surface area contributed by atoms with E-state index < -0.39 is 46.4 Å². The third kappa shape index (κ3) is 8.19. The van der Waals surface area contributed by atoms with E-state index in [1.165, 1.54) is 39.8 Å². The molecule has 0 saturated carbocycles. The molecule has 1 N–H and O–H groups in total. The summed E-state index contributed by atoms with van der Waals surface area (Å²) in [6, 6.07) is 6.29. The third-order valence-electron chi connectivity index (χ3n) is 3.82. The smallest absolute Gasteiger partial charge is 0.435 e. The highest BCUT2D eigenvalue weighted by Gasteiger charge is 2.62. The molecule has 0 aliphatic heterocycles. The Balaban J connectivity index is 3.67. The van der Waals surface area contributed by atoms with E-state index in [4.69, 9.17) is 14.2 Å². The molecule has 0 spiro atoms. The van der Waals surface area contributed by atoms with Crippen LogP contribution in [0.15, 0.2) is 28.7 Å². The predicted octanol–water partition coefficient (Wildman–Crippen LogP) is 4.20. The molecule has 2 amide bonds. The maximum absolute atomic E-state index is 13.1. The average molecular weight is 532 g/mol. The lowest BCUT2D eigenvalue weighted by atomic mass is 9.99. The van der Waals surface area contributed by atoms with Crippen LogP contribution in [0.25, 0.3) is 0 Å². The fourth-order valence-corrected chi connectivity index (χ4v) is 2.85. The second kappa shape index (κ2) is 10.8. The van der Waals surface area contributed by atoms with Crippen LogP contribution in [-0.4, -0.2) is 51.6 Å². The summed E-state index contributed by atoms with van der Waals surface area (Å²) in [5.41, 5.74) is -2.62. The van der Waals surface area contributed by atoms with Crippen molar-refractivity contribution in [1.29, 1.82) is 0 Å². The lowest BCUT2D eigenvalue weighted by Gasteiger charge is -2.35. The van der Waals surface area contributed by atoms with Crippen molar-refractivity contribution >= 4 is 34.1 Å². The first-order valence-corrected chi connectivity index (χ1v) is 10.9. The minimum Gasteiger partial charge on any atom is -0.459 e. The summed E-state index contributed by atoms with van der Waals surface area (Å²) in [6.45, 7) is 10.6. The lowest BCUT2D eigenvalue weighted by Crippen LogP contribution is -2.69. The molecule has 33 heavy (non-hydrogen) atoms. The van der Waals surface area contributed by atoms with Crippen molar-refractivity contribution in [3.8, 4) is 0 Å². The van der Waals surface area contributed by atoms with Crippen LogP contribution >= 0.6 is 15.9 Å². The number of benzene rings is 1. The molecule has 0 radical (unpaired) electrons. The number of ether oxygens (including phenoxy) is 3. The van der Waals surface area contributed by atoms with Crippen molar-refractivity contribution in [1.82, 2.24) is 10.4 Å². The fourth-order valence-electron chi connectivity index (χ4n) is 2.59. The van der Waals surface area contributed by atoms with E-state index in [-0.39, 0.29) is 11.6 Å². The number of hydrogen-bond donors (Lipinski definition) is 1. The van der Waals surface area contributed by atoms with Gasteiger partial charge in [0, 0.05) is 4.47 Å². The van der Waals surface area contributed by atoms with E-state index in [9.17, 15) is 24.5 Å². The maximum atomic E-state index is 13.1. The topological polar surface area (TPSA) is 137 Å². The Morgan fingerprint density at radius 1 is 1.03 bits per heavy atom. The van der Waals surface area contributed by atoms with Crippen LogP contribution in [0.4, 0.5) is 9.59 Å². The molecule has 0 aliphatic carbocycles. The Morgan fingerprint density at radius 2 is 1.55 bits per heavy atom. The van der Waals surface area contributed by atoms with E-state index in [1.807, 2.05) is 5.43 Å². The molecular formula is C21H30BrN3O8. The number of carbonyl (C=O) groups excluding carboxylic acids is 3. The molecule has 0 aromatic heterocycles. The summed E-state index contributed by atoms with van der Waals surface area (Å²) in [5, 5.41) is 12.7. The highest BCUT2D eigenvalue weighted by Crippen LogP contribution is 2.27. The first-order chi connectivity index (χ1) is 15.0. The molecule has 0 aliphatic rings. The van der Waals surface area contributed by atoms with Crippen molar-refractivity contribution in [3.63, 3.8) is 0 Å². The number of hydrazine groups is 1. The number of amides is 2. The van der Waals surface area contributed by atoms with E-state index in [0.29, 0.717) is 10.0 Å². The van der Waals surface area contributed by atoms with Crippen LogP contribution in [0.5, 0.6) is 0 Å². The quantitative estimate of drug-likeness (QED) is 0.189. The summed E-state index contributed by atoms with van der Waals surface area (Å²) >= 11 is 3.27. The number of rotatable bonds is 6. The number of nitro groups is 1. The summed E-state index contributed by atoms with van der Waals surface area (Å²) in [6.07, 6.45) is -3.16. The predicted molar refractivity (Wildman–Crippen MR) is 122 cm³/mol. The molecule has 0 heterocycles. The molecule has 0 saturated heterocycles. The molecule has 1 aromatic carbocycles. The largest absolute Gasteiger partial charge is 0.459 e. The second-order valence-corrected chi connectivity index (χ2v) is 9.94. The number of esters is 1. The van der Waals surface area contributed by atoms with Crippen LogP contribution in [0, 0.1) is 10.1 Å². The SMILES string of the molecule is CCOC(=O)C(Cc1ccc(Br)cc1)(N(NC(=O)OC(C)(C)C)C(=O)OC(C)(C)C)[N+](=O)[O-]. The molecule has 11 nitrogen and oxygen atoms in total. The van der Waals surface area contributed by atoms with Gasteiger partial charge in [-0.15, -0.1) is 5.01 Å². The lowest BCUT2D eigenvalue weighted by molar-refractivity contribution is -0.584.